The van der Waals surface area contributed by atoms with Crippen LogP contribution in [0.4, 0.5) is 0 Å². The lowest BCUT2D eigenvalue weighted by molar-refractivity contribution is -0.121. The first-order valence-corrected chi connectivity index (χ1v) is 9.82. The Morgan fingerprint density at radius 3 is 2.42 bits per heavy atom. The maximum absolute atomic E-state index is 12.2. The molecule has 0 aromatic heterocycles. The summed E-state index contributed by atoms with van der Waals surface area (Å²) in [6, 6.07) is 17.1. The second-order valence-corrected chi connectivity index (χ2v) is 7.37. The standard InChI is InChI=1S/C23H30N2O/c1-19-11-13-20(14-12-19)7-6-10-23(26)24-17-21-8-2-3-9-22(21)18-25-15-4-5-16-25/h2-3,8-9,11-14H,4-7,10,15-18H2,1H3,(H,24,26). The molecule has 26 heavy (non-hydrogen) atoms. The molecule has 1 aliphatic heterocycles. The van der Waals surface area contributed by atoms with Crippen LogP contribution in [0.2, 0.25) is 0 Å². The zero-order valence-corrected chi connectivity index (χ0v) is 15.8. The van der Waals surface area contributed by atoms with E-state index in [-0.39, 0.29) is 5.91 Å². The molecule has 1 aliphatic rings. The van der Waals surface area contributed by atoms with Crippen molar-refractivity contribution in [1.82, 2.24) is 10.2 Å². The number of nitrogens with zero attached hydrogens (tertiary/aromatic N) is 1. The lowest BCUT2D eigenvalue weighted by Crippen LogP contribution is -2.24. The molecule has 138 valence electrons. The van der Waals surface area contributed by atoms with E-state index in [0.717, 1.165) is 19.4 Å². The Bertz CT molecular complexity index is 702. The van der Waals surface area contributed by atoms with Gasteiger partial charge >= 0.3 is 0 Å². The van der Waals surface area contributed by atoms with Crippen LogP contribution in [-0.2, 0) is 24.3 Å². The number of amides is 1. The van der Waals surface area contributed by atoms with Crippen LogP contribution >= 0.6 is 0 Å². The normalized spacial score (nSPS) is 14.5. The fourth-order valence-electron chi connectivity index (χ4n) is 3.56. The van der Waals surface area contributed by atoms with Crippen LogP contribution < -0.4 is 5.32 Å². The Kier molecular flexibility index (Phi) is 6.84. The molecule has 0 spiro atoms. The second-order valence-electron chi connectivity index (χ2n) is 7.37. The van der Waals surface area contributed by atoms with Gasteiger partial charge in [-0.05, 0) is 62.4 Å². The highest BCUT2D eigenvalue weighted by atomic mass is 16.1. The third-order valence-electron chi connectivity index (χ3n) is 5.18. The Hall–Kier alpha value is -2.13. The van der Waals surface area contributed by atoms with Gasteiger partial charge < -0.3 is 5.32 Å². The highest BCUT2D eigenvalue weighted by molar-refractivity contribution is 5.75. The third-order valence-corrected chi connectivity index (χ3v) is 5.18. The molecule has 3 heteroatoms. The van der Waals surface area contributed by atoms with Crippen LogP contribution in [0.5, 0.6) is 0 Å². The fourth-order valence-corrected chi connectivity index (χ4v) is 3.56. The van der Waals surface area contributed by atoms with Crippen LogP contribution in [-0.4, -0.2) is 23.9 Å². The monoisotopic (exact) mass is 350 g/mol. The van der Waals surface area contributed by atoms with Crippen LogP contribution in [0, 0.1) is 6.92 Å². The van der Waals surface area contributed by atoms with E-state index < -0.39 is 0 Å². The van der Waals surface area contributed by atoms with E-state index in [2.05, 4.69) is 65.7 Å². The van der Waals surface area contributed by atoms with E-state index in [4.69, 9.17) is 0 Å². The number of hydrogen-bond donors (Lipinski definition) is 1. The predicted octanol–water partition coefficient (Wildman–Crippen LogP) is 4.23. The fraction of sp³-hybridized carbons (Fsp3) is 0.435. The van der Waals surface area contributed by atoms with Gasteiger partial charge in [0.15, 0.2) is 0 Å². The first kappa shape index (κ1) is 18.7. The summed E-state index contributed by atoms with van der Waals surface area (Å²) in [6.07, 6.45) is 5.05. The summed E-state index contributed by atoms with van der Waals surface area (Å²) in [5, 5.41) is 3.10. The molecule has 3 rings (SSSR count). The highest BCUT2D eigenvalue weighted by Gasteiger charge is 2.13. The van der Waals surface area contributed by atoms with E-state index in [0.29, 0.717) is 13.0 Å². The summed E-state index contributed by atoms with van der Waals surface area (Å²) in [7, 11) is 0. The van der Waals surface area contributed by atoms with Crippen molar-refractivity contribution in [3.8, 4) is 0 Å². The molecule has 0 radical (unpaired) electrons. The second kappa shape index (κ2) is 9.54. The van der Waals surface area contributed by atoms with Crippen molar-refractivity contribution in [1.29, 1.82) is 0 Å². The number of nitrogens with one attached hydrogen (secondary N) is 1. The molecule has 0 atom stereocenters. The minimum Gasteiger partial charge on any atom is -0.352 e. The van der Waals surface area contributed by atoms with Gasteiger partial charge in [0, 0.05) is 19.5 Å². The molecule has 1 amide bonds. The SMILES string of the molecule is Cc1ccc(CCCC(=O)NCc2ccccc2CN2CCCC2)cc1. The number of hydrogen-bond acceptors (Lipinski definition) is 2. The van der Waals surface area contributed by atoms with Gasteiger partial charge in [-0.25, -0.2) is 0 Å². The summed E-state index contributed by atoms with van der Waals surface area (Å²) in [5.41, 5.74) is 5.17. The summed E-state index contributed by atoms with van der Waals surface area (Å²) < 4.78 is 0. The quantitative estimate of drug-likeness (QED) is 0.773. The van der Waals surface area contributed by atoms with E-state index in [9.17, 15) is 4.79 Å². The van der Waals surface area contributed by atoms with Crippen molar-refractivity contribution in [3.05, 3.63) is 70.8 Å². The molecule has 1 saturated heterocycles. The topological polar surface area (TPSA) is 32.3 Å². The first-order valence-electron chi connectivity index (χ1n) is 9.82. The molecule has 0 unspecified atom stereocenters. The largest absolute Gasteiger partial charge is 0.352 e. The van der Waals surface area contributed by atoms with Crippen molar-refractivity contribution >= 4 is 5.91 Å². The minimum absolute atomic E-state index is 0.146. The lowest BCUT2D eigenvalue weighted by Gasteiger charge is -2.17. The van der Waals surface area contributed by atoms with Gasteiger partial charge in [-0.15, -0.1) is 0 Å². The van der Waals surface area contributed by atoms with Gasteiger partial charge in [0.2, 0.25) is 5.91 Å². The summed E-state index contributed by atoms with van der Waals surface area (Å²) in [4.78, 5) is 14.7. The van der Waals surface area contributed by atoms with Crippen molar-refractivity contribution in [2.24, 2.45) is 0 Å². The van der Waals surface area contributed by atoms with Gasteiger partial charge in [-0.3, -0.25) is 9.69 Å². The lowest BCUT2D eigenvalue weighted by atomic mass is 10.1. The Balaban J connectivity index is 1.43. The maximum Gasteiger partial charge on any atom is 0.220 e. The first-order chi connectivity index (χ1) is 12.7. The smallest absolute Gasteiger partial charge is 0.220 e. The number of benzene rings is 2. The molecule has 1 fully saturated rings. The molecule has 2 aromatic rings. The van der Waals surface area contributed by atoms with Crippen LogP contribution in [0.15, 0.2) is 48.5 Å². The molecular formula is C23H30N2O. The number of carbonyl (C=O) groups is 1. The van der Waals surface area contributed by atoms with Gasteiger partial charge in [0.25, 0.3) is 0 Å². The zero-order chi connectivity index (χ0) is 18.2. The van der Waals surface area contributed by atoms with E-state index in [1.54, 1.807) is 0 Å². The van der Waals surface area contributed by atoms with Crippen LogP contribution in [0.1, 0.15) is 47.9 Å². The van der Waals surface area contributed by atoms with Crippen molar-refractivity contribution in [2.75, 3.05) is 13.1 Å². The highest BCUT2D eigenvalue weighted by Crippen LogP contribution is 2.16. The summed E-state index contributed by atoms with van der Waals surface area (Å²) in [5.74, 6) is 0.146. The Labute approximate surface area is 157 Å². The molecule has 0 bridgehead atoms. The van der Waals surface area contributed by atoms with Crippen molar-refractivity contribution in [2.45, 2.75) is 52.1 Å². The summed E-state index contributed by atoms with van der Waals surface area (Å²) in [6.45, 7) is 6.12. The van der Waals surface area contributed by atoms with Crippen LogP contribution in [0.3, 0.4) is 0 Å². The predicted molar refractivity (Wildman–Crippen MR) is 107 cm³/mol. The van der Waals surface area contributed by atoms with Crippen molar-refractivity contribution < 1.29 is 4.79 Å². The summed E-state index contributed by atoms with van der Waals surface area (Å²) >= 11 is 0. The Morgan fingerprint density at radius 2 is 1.69 bits per heavy atom. The molecule has 1 N–H and O–H groups in total. The van der Waals surface area contributed by atoms with Crippen LogP contribution in [0.25, 0.3) is 0 Å². The molecule has 1 heterocycles. The molecule has 0 saturated carbocycles. The van der Waals surface area contributed by atoms with Gasteiger partial charge in [0.05, 0.1) is 0 Å². The molecule has 0 aliphatic carbocycles. The zero-order valence-electron chi connectivity index (χ0n) is 15.8. The van der Waals surface area contributed by atoms with Crippen molar-refractivity contribution in [3.63, 3.8) is 0 Å². The average Bonchev–Trinajstić information content (AvgIpc) is 3.16. The van der Waals surface area contributed by atoms with Gasteiger partial charge in [0.1, 0.15) is 0 Å². The maximum atomic E-state index is 12.2. The van der Waals surface area contributed by atoms with E-state index >= 15 is 0 Å². The van der Waals surface area contributed by atoms with Gasteiger partial charge in [-0.2, -0.15) is 0 Å². The van der Waals surface area contributed by atoms with Gasteiger partial charge in [-0.1, -0.05) is 54.1 Å². The molecule has 3 nitrogen and oxygen atoms in total. The number of likely N-dealkylation sites (tertiary alicyclic amines) is 1. The molecular weight excluding hydrogens is 320 g/mol. The third kappa shape index (κ3) is 5.70. The van der Waals surface area contributed by atoms with E-state index in [1.165, 1.54) is 48.2 Å². The van der Waals surface area contributed by atoms with E-state index in [1.807, 2.05) is 0 Å². The number of carbonyl (C=O) groups excluding carboxylic acids is 1. The number of rotatable bonds is 8. The average molecular weight is 351 g/mol. The molecule has 2 aromatic carbocycles. The number of aryl methyl sites for hydroxylation is 2. The Morgan fingerprint density at radius 1 is 1.00 bits per heavy atom. The minimum atomic E-state index is 0.146.